The number of nitrogens with one attached hydrogen (secondary N) is 1. The van der Waals surface area contributed by atoms with Crippen LogP contribution in [0.3, 0.4) is 0 Å². The van der Waals surface area contributed by atoms with Gasteiger partial charge in [-0.2, -0.15) is 0 Å². The van der Waals surface area contributed by atoms with Crippen LogP contribution in [0.5, 0.6) is 0 Å². The van der Waals surface area contributed by atoms with Crippen molar-refractivity contribution in [3.05, 3.63) is 0 Å². The molecule has 3 aliphatic rings. The highest BCUT2D eigenvalue weighted by atomic mass is 35.5. The molecule has 2 N–H and O–H groups in total. The summed E-state index contributed by atoms with van der Waals surface area (Å²) in [7, 11) is 0. The number of isothiocyanates is 1. The molecule has 0 bridgehead atoms. The summed E-state index contributed by atoms with van der Waals surface area (Å²) in [5.74, 6) is 0.248. The number of rotatable bonds is 4. The first-order chi connectivity index (χ1) is 13.4. The molecule has 0 aromatic rings. The summed E-state index contributed by atoms with van der Waals surface area (Å²) in [5, 5.41) is 17.0. The molecule has 8 atom stereocenters. The molecule has 3 fully saturated rings. The maximum absolute atomic E-state index is 11.6. The summed E-state index contributed by atoms with van der Waals surface area (Å²) in [6.45, 7) is 10.4. The van der Waals surface area contributed by atoms with Gasteiger partial charge >= 0.3 is 0 Å². The Bertz CT molecular complexity index is 700. The van der Waals surface area contributed by atoms with Crippen molar-refractivity contribution in [3.8, 4) is 0 Å². The molecule has 0 aromatic carbocycles. The molecule has 3 rings (SSSR count). The molecule has 0 radical (unpaired) electrons. The number of alkyl halides is 1. The number of aliphatic hydroxyl groups excluding tert-OH is 1. The molecule has 0 spiro atoms. The maximum atomic E-state index is 11.6. The largest absolute Gasteiger partial charge is 0.390 e. The van der Waals surface area contributed by atoms with Gasteiger partial charge in [0.2, 0.25) is 6.41 Å². The molecule has 1 saturated heterocycles. The molecular weight excluding hydrogens is 408 g/mol. The van der Waals surface area contributed by atoms with Crippen LogP contribution in [-0.4, -0.2) is 50.4 Å². The minimum absolute atomic E-state index is 0.0297. The van der Waals surface area contributed by atoms with E-state index in [9.17, 15) is 9.90 Å². The highest BCUT2D eigenvalue weighted by molar-refractivity contribution is 7.78. The Balaban J connectivity index is 2.02. The lowest BCUT2D eigenvalue weighted by molar-refractivity contribution is -0.227. The van der Waals surface area contributed by atoms with Crippen molar-refractivity contribution in [3.63, 3.8) is 0 Å². The van der Waals surface area contributed by atoms with Gasteiger partial charge in [-0.25, -0.2) is 4.99 Å². The topological polar surface area (TPSA) is 70.9 Å². The van der Waals surface area contributed by atoms with Gasteiger partial charge in [0.25, 0.3) is 0 Å². The Hall–Kier alpha value is -0.520. The Morgan fingerprint density at radius 3 is 2.38 bits per heavy atom. The number of aliphatic hydroxyl groups is 1. The highest BCUT2D eigenvalue weighted by Crippen LogP contribution is 2.57. The van der Waals surface area contributed by atoms with Crippen molar-refractivity contribution in [2.45, 2.75) is 107 Å². The van der Waals surface area contributed by atoms with Gasteiger partial charge in [-0.3, -0.25) is 4.79 Å². The van der Waals surface area contributed by atoms with E-state index in [1.54, 1.807) is 0 Å². The van der Waals surface area contributed by atoms with E-state index in [2.05, 4.69) is 43.2 Å². The molecule has 1 heterocycles. The van der Waals surface area contributed by atoms with Gasteiger partial charge in [-0.1, -0.05) is 0 Å². The third-order valence-corrected chi connectivity index (χ3v) is 9.14. The van der Waals surface area contributed by atoms with Gasteiger partial charge in [0.15, 0.2) is 0 Å². The number of aliphatic imine (C=N–C) groups is 1. The van der Waals surface area contributed by atoms with Crippen LogP contribution >= 0.6 is 23.8 Å². The lowest BCUT2D eigenvalue weighted by atomic mass is 9.51. The van der Waals surface area contributed by atoms with Gasteiger partial charge in [0, 0.05) is 0 Å². The minimum atomic E-state index is -0.686. The number of carbonyl (C=O) groups is 1. The summed E-state index contributed by atoms with van der Waals surface area (Å²) in [4.78, 5) is 15.9. The van der Waals surface area contributed by atoms with Crippen LogP contribution in [0.1, 0.15) is 73.1 Å². The standard InChI is InChI=1S/C22H35ClN2O3S/c1-19(2)16(23)8-11-22(5,28-19)15-7-9-20(3,25-13-29)14-6-10-21(4,24-12-26)18(27)17(14)15/h12,14-18,27H,6-11H2,1-5H3,(H,24,26). The third-order valence-electron chi connectivity index (χ3n) is 8.30. The smallest absolute Gasteiger partial charge is 0.207 e. The van der Waals surface area contributed by atoms with E-state index in [4.69, 9.17) is 28.6 Å². The van der Waals surface area contributed by atoms with Crippen LogP contribution in [-0.2, 0) is 9.53 Å². The number of hydrogen-bond acceptors (Lipinski definition) is 5. The molecule has 1 amide bonds. The molecule has 2 saturated carbocycles. The normalized spacial score (nSPS) is 49.4. The Morgan fingerprint density at radius 2 is 1.79 bits per heavy atom. The number of thiocarbonyl (C=S) groups is 1. The number of hydrogen-bond donors (Lipinski definition) is 2. The SMILES string of the molecule is CC1(N=C=S)CCC(C2(C)CCC(Cl)C(C)(C)O2)C2C1CCC(C)(NC=O)C2O. The number of amides is 1. The summed E-state index contributed by atoms with van der Waals surface area (Å²) < 4.78 is 6.67. The van der Waals surface area contributed by atoms with Gasteiger partial charge in [-0.05, 0) is 103 Å². The Morgan fingerprint density at radius 1 is 1.14 bits per heavy atom. The summed E-state index contributed by atoms with van der Waals surface area (Å²) >= 11 is 11.5. The number of nitrogens with zero attached hydrogens (tertiary/aromatic N) is 1. The van der Waals surface area contributed by atoms with E-state index in [0.717, 1.165) is 32.1 Å². The first kappa shape index (κ1) is 23.1. The average molecular weight is 443 g/mol. The van der Waals surface area contributed by atoms with Gasteiger partial charge < -0.3 is 15.2 Å². The van der Waals surface area contributed by atoms with E-state index in [1.807, 2.05) is 6.92 Å². The second-order valence-corrected chi connectivity index (χ2v) is 11.3. The van der Waals surface area contributed by atoms with Gasteiger partial charge in [0.1, 0.15) is 0 Å². The first-order valence-electron chi connectivity index (χ1n) is 10.8. The fraction of sp³-hybridized carbons (Fsp3) is 0.909. The Labute approximate surface area is 185 Å². The van der Waals surface area contributed by atoms with Gasteiger partial charge in [-0.15, -0.1) is 11.6 Å². The van der Waals surface area contributed by atoms with E-state index < -0.39 is 17.2 Å². The third kappa shape index (κ3) is 3.92. The van der Waals surface area contributed by atoms with Gasteiger partial charge in [0.05, 0.1) is 38.9 Å². The zero-order valence-electron chi connectivity index (χ0n) is 18.2. The highest BCUT2D eigenvalue weighted by Gasteiger charge is 2.61. The number of fused-ring (bicyclic) bond motifs is 1. The van der Waals surface area contributed by atoms with Crippen LogP contribution in [0.15, 0.2) is 4.99 Å². The number of carbonyl (C=O) groups excluding carboxylic acids is 1. The second kappa shape index (κ2) is 7.87. The molecule has 7 heteroatoms. The average Bonchev–Trinajstić information content (AvgIpc) is 2.62. The van der Waals surface area contributed by atoms with Crippen LogP contribution in [0, 0.1) is 17.8 Å². The monoisotopic (exact) mass is 442 g/mol. The molecule has 29 heavy (non-hydrogen) atoms. The molecule has 1 aliphatic heterocycles. The molecule has 8 unspecified atom stereocenters. The van der Waals surface area contributed by atoms with Crippen molar-refractivity contribution in [2.24, 2.45) is 22.7 Å². The summed E-state index contributed by atoms with van der Waals surface area (Å²) in [5.41, 5.74) is -1.82. The van der Waals surface area contributed by atoms with Crippen molar-refractivity contribution in [2.75, 3.05) is 0 Å². The van der Waals surface area contributed by atoms with E-state index >= 15 is 0 Å². The number of halogens is 1. The van der Waals surface area contributed by atoms with E-state index in [-0.39, 0.29) is 34.3 Å². The molecule has 5 nitrogen and oxygen atoms in total. The lowest BCUT2D eigenvalue weighted by Crippen LogP contribution is -2.67. The fourth-order valence-corrected chi connectivity index (χ4v) is 6.84. The predicted octanol–water partition coefficient (Wildman–Crippen LogP) is 4.10. The number of ether oxygens (including phenoxy) is 1. The maximum Gasteiger partial charge on any atom is 0.207 e. The molecule has 2 aliphatic carbocycles. The van der Waals surface area contributed by atoms with E-state index in [1.165, 1.54) is 0 Å². The van der Waals surface area contributed by atoms with Crippen molar-refractivity contribution >= 4 is 35.4 Å². The van der Waals surface area contributed by atoms with Crippen LogP contribution in [0.4, 0.5) is 0 Å². The first-order valence-corrected chi connectivity index (χ1v) is 11.6. The summed E-state index contributed by atoms with van der Waals surface area (Å²) in [6, 6.07) is 0. The minimum Gasteiger partial charge on any atom is -0.390 e. The fourth-order valence-electron chi connectivity index (χ4n) is 6.48. The van der Waals surface area contributed by atoms with Crippen molar-refractivity contribution in [1.29, 1.82) is 0 Å². The molecule has 164 valence electrons. The van der Waals surface area contributed by atoms with Crippen LogP contribution in [0.2, 0.25) is 0 Å². The van der Waals surface area contributed by atoms with Crippen molar-refractivity contribution in [1.82, 2.24) is 5.32 Å². The Kier molecular flexibility index (Phi) is 6.28. The molecular formula is C22H35ClN2O3S. The predicted molar refractivity (Wildman–Crippen MR) is 118 cm³/mol. The van der Waals surface area contributed by atoms with E-state index in [0.29, 0.717) is 12.8 Å². The lowest BCUT2D eigenvalue weighted by Gasteiger charge is -2.61. The second-order valence-electron chi connectivity index (χ2n) is 10.6. The quantitative estimate of drug-likeness (QED) is 0.297. The van der Waals surface area contributed by atoms with Crippen LogP contribution in [0.25, 0.3) is 0 Å². The zero-order chi connectivity index (χ0) is 21.7. The van der Waals surface area contributed by atoms with Crippen LogP contribution < -0.4 is 5.32 Å². The molecule has 0 aromatic heterocycles. The zero-order valence-corrected chi connectivity index (χ0v) is 19.8. The summed E-state index contributed by atoms with van der Waals surface area (Å²) in [6.07, 6.45) is 5.09. The van der Waals surface area contributed by atoms with Crippen molar-refractivity contribution < 1.29 is 14.6 Å².